The number of carbonyl (C=O) groups is 2. The number of ketones is 2. The molecule has 1 unspecified atom stereocenters. The van der Waals surface area contributed by atoms with Gasteiger partial charge in [0.15, 0.2) is 12.0 Å². The maximum absolute atomic E-state index is 12.7. The Morgan fingerprint density at radius 3 is 2.65 bits per heavy atom. The van der Waals surface area contributed by atoms with Crippen molar-refractivity contribution in [3.05, 3.63) is 46.7 Å². The molecule has 0 radical (unpaired) electrons. The normalized spacial score (nSPS) is 25.2. The molecule has 5 nitrogen and oxygen atoms in total. The molecule has 1 fully saturated rings. The van der Waals surface area contributed by atoms with E-state index in [1.807, 2.05) is 4.90 Å². The van der Waals surface area contributed by atoms with Gasteiger partial charge < -0.3 is 14.4 Å². The maximum atomic E-state index is 12.7. The summed E-state index contributed by atoms with van der Waals surface area (Å²) in [4.78, 5) is 27.1. The van der Waals surface area contributed by atoms with Crippen molar-refractivity contribution in [2.75, 3.05) is 26.4 Å². The van der Waals surface area contributed by atoms with Gasteiger partial charge in [-0.15, -0.1) is 0 Å². The van der Waals surface area contributed by atoms with Crippen molar-refractivity contribution in [3.8, 4) is 0 Å². The quantitative estimate of drug-likeness (QED) is 0.705. The van der Waals surface area contributed by atoms with Crippen molar-refractivity contribution in [1.29, 1.82) is 0 Å². The standard InChI is InChI=1S/C15H13NO4/c17-14-9-3-1-2-4-10(9)15(18)13-11(14)7-20-12-8-19-6-5-16(12)13/h1-4,12H,5-8H2. The summed E-state index contributed by atoms with van der Waals surface area (Å²) in [5.41, 5.74) is 1.95. The predicted octanol–water partition coefficient (Wildman–Crippen LogP) is 1.01. The van der Waals surface area contributed by atoms with E-state index >= 15 is 0 Å². The monoisotopic (exact) mass is 271 g/mol. The molecule has 0 bridgehead atoms. The maximum Gasteiger partial charge on any atom is 0.210 e. The highest BCUT2D eigenvalue weighted by Crippen LogP contribution is 2.33. The van der Waals surface area contributed by atoms with E-state index in [0.29, 0.717) is 42.2 Å². The largest absolute Gasteiger partial charge is 0.375 e. The number of hydrogen-bond acceptors (Lipinski definition) is 5. The zero-order valence-corrected chi connectivity index (χ0v) is 10.8. The third-order valence-corrected chi connectivity index (χ3v) is 3.98. The number of carbonyl (C=O) groups excluding carboxylic acids is 2. The number of hydrogen-bond donors (Lipinski definition) is 0. The summed E-state index contributed by atoms with van der Waals surface area (Å²) in [5.74, 6) is -0.175. The Bertz CT molecular complexity index is 649. The van der Waals surface area contributed by atoms with E-state index in [9.17, 15) is 9.59 Å². The average Bonchev–Trinajstić information content (AvgIpc) is 2.51. The van der Waals surface area contributed by atoms with Crippen LogP contribution in [0.4, 0.5) is 0 Å². The summed E-state index contributed by atoms with van der Waals surface area (Å²) in [5, 5.41) is 0. The van der Waals surface area contributed by atoms with Crippen molar-refractivity contribution in [1.82, 2.24) is 4.90 Å². The van der Waals surface area contributed by atoms with Gasteiger partial charge in [0, 0.05) is 17.7 Å². The van der Waals surface area contributed by atoms with Gasteiger partial charge in [0.2, 0.25) is 5.78 Å². The van der Waals surface area contributed by atoms with Gasteiger partial charge in [0.25, 0.3) is 0 Å². The molecule has 0 amide bonds. The summed E-state index contributed by atoms with van der Waals surface area (Å²) < 4.78 is 11.0. The molecule has 1 aromatic rings. The van der Waals surface area contributed by atoms with Crippen LogP contribution in [0.25, 0.3) is 0 Å². The van der Waals surface area contributed by atoms with E-state index < -0.39 is 0 Å². The Kier molecular flexibility index (Phi) is 2.52. The van der Waals surface area contributed by atoms with Gasteiger partial charge in [-0.2, -0.15) is 0 Å². The first kappa shape index (κ1) is 11.8. The van der Waals surface area contributed by atoms with E-state index in [0.717, 1.165) is 0 Å². The van der Waals surface area contributed by atoms with Gasteiger partial charge in [-0.3, -0.25) is 9.59 Å². The Morgan fingerprint density at radius 2 is 1.85 bits per heavy atom. The van der Waals surface area contributed by atoms with E-state index in [-0.39, 0.29) is 24.4 Å². The molecular weight excluding hydrogens is 258 g/mol. The molecule has 3 aliphatic rings. The van der Waals surface area contributed by atoms with E-state index in [1.54, 1.807) is 24.3 Å². The molecule has 2 aliphatic heterocycles. The van der Waals surface area contributed by atoms with Crippen LogP contribution < -0.4 is 0 Å². The van der Waals surface area contributed by atoms with Crippen LogP contribution in [-0.4, -0.2) is 49.1 Å². The van der Waals surface area contributed by atoms with Crippen molar-refractivity contribution in [2.45, 2.75) is 6.23 Å². The van der Waals surface area contributed by atoms with Crippen molar-refractivity contribution in [2.24, 2.45) is 0 Å². The van der Waals surface area contributed by atoms with Crippen LogP contribution in [-0.2, 0) is 9.47 Å². The molecule has 0 N–H and O–H groups in total. The first-order valence-corrected chi connectivity index (χ1v) is 6.65. The molecule has 1 aromatic carbocycles. The number of fused-ring (bicyclic) bond motifs is 3. The highest BCUT2D eigenvalue weighted by Gasteiger charge is 2.41. The van der Waals surface area contributed by atoms with Crippen molar-refractivity contribution < 1.29 is 19.1 Å². The lowest BCUT2D eigenvalue weighted by molar-refractivity contribution is -0.129. The number of allylic oxidation sites excluding steroid dienone is 1. The zero-order valence-electron chi connectivity index (χ0n) is 10.8. The Balaban J connectivity index is 1.87. The van der Waals surface area contributed by atoms with Gasteiger partial charge in [0.05, 0.1) is 31.1 Å². The highest BCUT2D eigenvalue weighted by atomic mass is 16.6. The number of benzene rings is 1. The lowest BCUT2D eigenvalue weighted by Gasteiger charge is -2.43. The smallest absolute Gasteiger partial charge is 0.210 e. The summed E-state index contributed by atoms with van der Waals surface area (Å²) in [6.07, 6.45) is -0.260. The number of rotatable bonds is 0. The van der Waals surface area contributed by atoms with E-state index in [2.05, 4.69) is 0 Å². The molecule has 20 heavy (non-hydrogen) atoms. The van der Waals surface area contributed by atoms with Crippen LogP contribution in [0.3, 0.4) is 0 Å². The summed E-state index contributed by atoms with van der Waals surface area (Å²) >= 11 is 0. The summed E-state index contributed by atoms with van der Waals surface area (Å²) in [7, 11) is 0. The van der Waals surface area contributed by atoms with Crippen molar-refractivity contribution >= 4 is 11.6 Å². The molecule has 1 aliphatic carbocycles. The number of nitrogens with zero attached hydrogens (tertiary/aromatic N) is 1. The first-order chi connectivity index (χ1) is 9.77. The molecule has 1 saturated heterocycles. The lowest BCUT2D eigenvalue weighted by atomic mass is 9.86. The summed E-state index contributed by atoms with van der Waals surface area (Å²) in [6, 6.07) is 6.97. The third-order valence-electron chi connectivity index (χ3n) is 3.98. The van der Waals surface area contributed by atoms with Gasteiger partial charge in [-0.05, 0) is 0 Å². The van der Waals surface area contributed by atoms with Gasteiger partial charge >= 0.3 is 0 Å². The molecule has 102 valence electrons. The topological polar surface area (TPSA) is 55.8 Å². The Labute approximate surface area is 115 Å². The minimum Gasteiger partial charge on any atom is -0.375 e. The minimum atomic E-state index is -0.260. The van der Waals surface area contributed by atoms with Crippen LogP contribution in [0.5, 0.6) is 0 Å². The molecular formula is C15H13NO4. The SMILES string of the molecule is O=C1C2=C(C(=O)c3ccccc31)N1CCOCC1OC2. The lowest BCUT2D eigenvalue weighted by Crippen LogP contribution is -2.52. The third kappa shape index (κ3) is 1.50. The van der Waals surface area contributed by atoms with E-state index in [1.165, 1.54) is 0 Å². The van der Waals surface area contributed by atoms with Crippen LogP contribution in [0.1, 0.15) is 20.7 Å². The fourth-order valence-corrected chi connectivity index (χ4v) is 3.01. The fraction of sp³-hybridized carbons (Fsp3) is 0.333. The van der Waals surface area contributed by atoms with Crippen LogP contribution in [0, 0.1) is 0 Å². The van der Waals surface area contributed by atoms with Crippen LogP contribution in [0.2, 0.25) is 0 Å². The molecule has 2 heterocycles. The van der Waals surface area contributed by atoms with Gasteiger partial charge in [-0.25, -0.2) is 0 Å². The van der Waals surface area contributed by atoms with Gasteiger partial charge in [-0.1, -0.05) is 24.3 Å². The number of morpholine rings is 1. The summed E-state index contributed by atoms with van der Waals surface area (Å²) in [6.45, 7) is 1.73. The highest BCUT2D eigenvalue weighted by molar-refractivity contribution is 6.26. The molecule has 4 rings (SSSR count). The number of Topliss-reactive ketones (excluding diaryl/α,β-unsaturated/α-hetero) is 2. The van der Waals surface area contributed by atoms with Crippen LogP contribution in [0.15, 0.2) is 35.5 Å². The Hall–Kier alpha value is -1.98. The molecule has 5 heteroatoms. The number of ether oxygens (including phenoxy) is 2. The van der Waals surface area contributed by atoms with Gasteiger partial charge in [0.1, 0.15) is 0 Å². The first-order valence-electron chi connectivity index (χ1n) is 6.65. The predicted molar refractivity (Wildman–Crippen MR) is 69.4 cm³/mol. The molecule has 1 atom stereocenters. The Morgan fingerprint density at radius 1 is 1.10 bits per heavy atom. The van der Waals surface area contributed by atoms with E-state index in [4.69, 9.17) is 9.47 Å². The second kappa shape index (κ2) is 4.26. The van der Waals surface area contributed by atoms with Crippen molar-refractivity contribution in [3.63, 3.8) is 0 Å². The fourth-order valence-electron chi connectivity index (χ4n) is 3.01. The second-order valence-corrected chi connectivity index (χ2v) is 5.06. The zero-order chi connectivity index (χ0) is 13.7. The second-order valence-electron chi connectivity index (χ2n) is 5.06. The molecule has 0 saturated carbocycles. The molecule has 0 aromatic heterocycles. The molecule has 0 spiro atoms. The van der Waals surface area contributed by atoms with Crippen LogP contribution >= 0.6 is 0 Å². The minimum absolute atomic E-state index is 0.0783. The average molecular weight is 271 g/mol.